The Labute approximate surface area is 207 Å². The summed E-state index contributed by atoms with van der Waals surface area (Å²) in [7, 11) is 0. The van der Waals surface area contributed by atoms with Crippen LogP contribution in [0.25, 0.3) is 0 Å². The number of hydrogen-bond donors (Lipinski definition) is 5. The number of hydrogen-bond acceptors (Lipinski definition) is 8. The minimum absolute atomic E-state index is 0.0309. The number of carbonyl (C=O) groups is 4. The molecule has 2 heterocycles. The topological polar surface area (TPSA) is 171 Å². The number of aromatic amines is 1. The van der Waals surface area contributed by atoms with Gasteiger partial charge in [0.05, 0.1) is 12.4 Å². The number of imidazole rings is 1. The summed E-state index contributed by atoms with van der Waals surface area (Å²) >= 11 is 3.11. The number of thioether (sulfide) groups is 2. The van der Waals surface area contributed by atoms with Crippen molar-refractivity contribution in [1.82, 2.24) is 25.5 Å². The van der Waals surface area contributed by atoms with Crippen LogP contribution >= 0.6 is 23.5 Å². The van der Waals surface area contributed by atoms with Crippen molar-refractivity contribution >= 4 is 47.2 Å². The lowest BCUT2D eigenvalue weighted by molar-refractivity contribution is -0.143. The zero-order chi connectivity index (χ0) is 25.1. The number of aliphatic carboxylic acids is 1. The molecule has 0 aliphatic carbocycles. The molecule has 1 aromatic rings. The maximum Gasteiger partial charge on any atom is 0.326 e. The van der Waals surface area contributed by atoms with E-state index < -0.39 is 42.0 Å². The third kappa shape index (κ3) is 8.20. The number of carboxylic acid groups (broad SMARTS) is 1. The van der Waals surface area contributed by atoms with Crippen LogP contribution < -0.4 is 16.4 Å². The molecule has 11 nitrogen and oxygen atoms in total. The molecule has 190 valence electrons. The van der Waals surface area contributed by atoms with E-state index in [1.54, 1.807) is 11.8 Å². The maximum atomic E-state index is 13.1. The molecular weight excluding hydrogens is 480 g/mol. The highest BCUT2D eigenvalue weighted by Crippen LogP contribution is 2.20. The second-order valence-corrected chi connectivity index (χ2v) is 10.1. The Morgan fingerprint density at radius 1 is 1.21 bits per heavy atom. The Hall–Kier alpha value is -2.25. The van der Waals surface area contributed by atoms with E-state index in [0.29, 0.717) is 43.7 Å². The molecule has 34 heavy (non-hydrogen) atoms. The van der Waals surface area contributed by atoms with Gasteiger partial charge < -0.3 is 31.4 Å². The van der Waals surface area contributed by atoms with Gasteiger partial charge in [-0.05, 0) is 49.7 Å². The summed E-state index contributed by atoms with van der Waals surface area (Å²) in [5, 5.41) is 14.8. The number of aromatic nitrogens is 2. The van der Waals surface area contributed by atoms with Gasteiger partial charge in [0.25, 0.3) is 0 Å². The first-order valence-corrected chi connectivity index (χ1v) is 13.9. The van der Waals surface area contributed by atoms with Crippen molar-refractivity contribution in [2.45, 2.75) is 56.3 Å². The van der Waals surface area contributed by atoms with Crippen molar-refractivity contribution in [3.8, 4) is 0 Å². The molecular formula is C21H34N6O5S2. The van der Waals surface area contributed by atoms with Gasteiger partial charge in [0.15, 0.2) is 0 Å². The molecule has 1 fully saturated rings. The fourth-order valence-electron chi connectivity index (χ4n) is 3.75. The third-order valence-corrected chi connectivity index (χ3v) is 6.91. The smallest absolute Gasteiger partial charge is 0.326 e. The van der Waals surface area contributed by atoms with E-state index >= 15 is 0 Å². The molecule has 0 spiro atoms. The van der Waals surface area contributed by atoms with Gasteiger partial charge in [-0.15, -0.1) is 0 Å². The van der Waals surface area contributed by atoms with E-state index in [1.165, 1.54) is 29.2 Å². The van der Waals surface area contributed by atoms with E-state index in [0.717, 1.165) is 5.75 Å². The summed E-state index contributed by atoms with van der Waals surface area (Å²) in [5.41, 5.74) is 6.60. The molecule has 0 radical (unpaired) electrons. The van der Waals surface area contributed by atoms with Gasteiger partial charge in [-0.1, -0.05) is 0 Å². The predicted octanol–water partition coefficient (Wildman–Crippen LogP) is -0.169. The fraction of sp³-hybridized carbons (Fsp3) is 0.667. The van der Waals surface area contributed by atoms with Crippen molar-refractivity contribution in [1.29, 1.82) is 0 Å². The SMILES string of the molecule is CSCCC(N)C(=O)N1CCCC1C(=O)NC(CCSC)C(=O)NC(Cc1cnc[nH]1)C(=O)O. The number of H-pyrrole nitrogens is 1. The van der Waals surface area contributed by atoms with Crippen molar-refractivity contribution in [3.63, 3.8) is 0 Å². The number of likely N-dealkylation sites (tertiary alicyclic amines) is 1. The summed E-state index contributed by atoms with van der Waals surface area (Å²) in [6.07, 6.45) is 8.77. The van der Waals surface area contributed by atoms with Crippen LogP contribution in [-0.4, -0.2) is 98.4 Å². The average Bonchev–Trinajstić information content (AvgIpc) is 3.51. The Bertz CT molecular complexity index is 825. The second kappa shape index (κ2) is 14.2. The van der Waals surface area contributed by atoms with Crippen LogP contribution in [0.5, 0.6) is 0 Å². The van der Waals surface area contributed by atoms with E-state index in [2.05, 4.69) is 20.6 Å². The number of amides is 3. The number of rotatable bonds is 14. The summed E-state index contributed by atoms with van der Waals surface area (Å²) in [6.45, 7) is 0.441. The quantitative estimate of drug-likeness (QED) is 0.226. The van der Waals surface area contributed by atoms with Crippen molar-refractivity contribution in [2.75, 3.05) is 30.6 Å². The van der Waals surface area contributed by atoms with Crippen LogP contribution in [0.3, 0.4) is 0 Å². The van der Waals surface area contributed by atoms with Crippen LogP contribution in [-0.2, 0) is 25.6 Å². The van der Waals surface area contributed by atoms with Gasteiger partial charge in [0, 0.05) is 24.9 Å². The molecule has 1 aliphatic rings. The molecule has 13 heteroatoms. The summed E-state index contributed by atoms with van der Waals surface area (Å²) in [6, 6.07) is -3.47. The number of carbonyl (C=O) groups excluding carboxylic acids is 3. The van der Waals surface area contributed by atoms with Crippen LogP contribution in [0.2, 0.25) is 0 Å². The van der Waals surface area contributed by atoms with Crippen LogP contribution in [0, 0.1) is 0 Å². The molecule has 6 N–H and O–H groups in total. The Kier molecular flexibility index (Phi) is 11.7. The molecule has 1 aromatic heterocycles. The lowest BCUT2D eigenvalue weighted by Crippen LogP contribution is -2.57. The predicted molar refractivity (Wildman–Crippen MR) is 132 cm³/mol. The molecule has 4 atom stereocenters. The number of nitrogens with zero attached hydrogens (tertiary/aromatic N) is 2. The fourth-order valence-corrected chi connectivity index (χ4v) is 4.71. The molecule has 4 unspecified atom stereocenters. The second-order valence-electron chi connectivity index (χ2n) is 8.10. The largest absolute Gasteiger partial charge is 0.480 e. The lowest BCUT2D eigenvalue weighted by Gasteiger charge is -2.28. The summed E-state index contributed by atoms with van der Waals surface area (Å²) in [5.74, 6) is -1.13. The monoisotopic (exact) mass is 514 g/mol. The Morgan fingerprint density at radius 2 is 1.91 bits per heavy atom. The van der Waals surface area contributed by atoms with Gasteiger partial charge in [0.1, 0.15) is 18.1 Å². The molecule has 2 rings (SSSR count). The molecule has 1 aliphatic heterocycles. The molecule has 0 bridgehead atoms. The lowest BCUT2D eigenvalue weighted by atomic mass is 10.1. The number of nitrogens with one attached hydrogen (secondary N) is 3. The first kappa shape index (κ1) is 28.0. The van der Waals surface area contributed by atoms with Gasteiger partial charge >= 0.3 is 5.97 Å². The standard InChI is InChI=1S/C21H34N6O5S2/c1-33-8-5-14(22)20(30)27-7-3-4-17(27)19(29)25-15(6-9-34-2)18(28)26-16(21(31)32)10-13-11-23-12-24-13/h11-12,14-17H,3-10,22H2,1-2H3,(H,23,24)(H,25,29)(H,26,28)(H,31,32). The minimum Gasteiger partial charge on any atom is -0.480 e. The summed E-state index contributed by atoms with van der Waals surface area (Å²) in [4.78, 5) is 58.7. The molecule has 0 aromatic carbocycles. The Morgan fingerprint density at radius 3 is 2.53 bits per heavy atom. The highest BCUT2D eigenvalue weighted by molar-refractivity contribution is 7.98. The van der Waals surface area contributed by atoms with Crippen LogP contribution in [0.15, 0.2) is 12.5 Å². The van der Waals surface area contributed by atoms with E-state index in [9.17, 15) is 24.3 Å². The number of nitrogens with two attached hydrogens (primary N) is 1. The van der Waals surface area contributed by atoms with E-state index in [4.69, 9.17) is 5.73 Å². The van der Waals surface area contributed by atoms with Crippen LogP contribution in [0.1, 0.15) is 31.4 Å². The maximum absolute atomic E-state index is 13.1. The Balaban J connectivity index is 2.05. The summed E-state index contributed by atoms with van der Waals surface area (Å²) < 4.78 is 0. The zero-order valence-electron chi connectivity index (χ0n) is 19.5. The highest BCUT2D eigenvalue weighted by Gasteiger charge is 2.37. The first-order valence-electron chi connectivity index (χ1n) is 11.1. The highest BCUT2D eigenvalue weighted by atomic mass is 32.2. The normalized spacial score (nSPS) is 18.2. The van der Waals surface area contributed by atoms with Gasteiger partial charge in [-0.3, -0.25) is 14.4 Å². The molecule has 0 saturated carbocycles. The zero-order valence-corrected chi connectivity index (χ0v) is 21.1. The average molecular weight is 515 g/mol. The third-order valence-electron chi connectivity index (χ3n) is 5.63. The van der Waals surface area contributed by atoms with E-state index in [-0.39, 0.29) is 12.3 Å². The van der Waals surface area contributed by atoms with Crippen molar-refractivity contribution in [3.05, 3.63) is 18.2 Å². The van der Waals surface area contributed by atoms with E-state index in [1.807, 2.05) is 12.5 Å². The van der Waals surface area contributed by atoms with Gasteiger partial charge in [0.2, 0.25) is 17.7 Å². The van der Waals surface area contributed by atoms with Crippen molar-refractivity contribution in [2.24, 2.45) is 5.73 Å². The first-order chi connectivity index (χ1) is 16.3. The van der Waals surface area contributed by atoms with Crippen molar-refractivity contribution < 1.29 is 24.3 Å². The minimum atomic E-state index is -1.19. The van der Waals surface area contributed by atoms with Gasteiger partial charge in [-0.2, -0.15) is 23.5 Å². The molecule has 3 amide bonds. The van der Waals surface area contributed by atoms with Gasteiger partial charge in [-0.25, -0.2) is 9.78 Å². The molecule has 1 saturated heterocycles. The van der Waals surface area contributed by atoms with Crippen LogP contribution in [0.4, 0.5) is 0 Å². The number of carboxylic acids is 1.